The van der Waals surface area contributed by atoms with Crippen LogP contribution in [-0.4, -0.2) is 6.29 Å². The Labute approximate surface area is 81.2 Å². The van der Waals surface area contributed by atoms with E-state index in [-0.39, 0.29) is 5.92 Å². The molecule has 0 aromatic carbocycles. The lowest BCUT2D eigenvalue weighted by molar-refractivity contribution is -0.111. The van der Waals surface area contributed by atoms with Gasteiger partial charge in [0.1, 0.15) is 6.29 Å². The van der Waals surface area contributed by atoms with Gasteiger partial charge in [-0.05, 0) is 38.5 Å². The third-order valence-electron chi connectivity index (χ3n) is 3.31. The fourth-order valence-corrected chi connectivity index (χ4v) is 2.58. The highest BCUT2D eigenvalue weighted by Crippen LogP contribution is 2.41. The summed E-state index contributed by atoms with van der Waals surface area (Å²) in [5.41, 5.74) is 2.95. The van der Waals surface area contributed by atoms with E-state index >= 15 is 0 Å². The van der Waals surface area contributed by atoms with Crippen LogP contribution in [0.3, 0.4) is 0 Å². The minimum atomic E-state index is 0.197. The molecule has 0 amide bonds. The van der Waals surface area contributed by atoms with Crippen LogP contribution in [0.15, 0.2) is 11.1 Å². The highest BCUT2D eigenvalue weighted by Gasteiger charge is 2.32. The lowest BCUT2D eigenvalue weighted by Gasteiger charge is -2.21. The largest absolute Gasteiger partial charge is 0.303 e. The summed E-state index contributed by atoms with van der Waals surface area (Å²) in [5, 5.41) is 0. The van der Waals surface area contributed by atoms with E-state index in [1.54, 1.807) is 0 Å². The molecule has 74 valence electrons. The van der Waals surface area contributed by atoms with Crippen molar-refractivity contribution < 1.29 is 4.79 Å². The van der Waals surface area contributed by atoms with Crippen LogP contribution in [0.4, 0.5) is 0 Å². The number of hydrogen-bond donors (Lipinski definition) is 0. The zero-order chi connectivity index (χ0) is 10.0. The smallest absolute Gasteiger partial charge is 0.123 e. The van der Waals surface area contributed by atoms with E-state index in [1.807, 2.05) is 6.92 Å². The Hall–Kier alpha value is -0.590. The van der Waals surface area contributed by atoms with E-state index in [2.05, 4.69) is 20.8 Å². The Kier molecular flexibility index (Phi) is 3.29. The monoisotopic (exact) mass is 180 g/mol. The first kappa shape index (κ1) is 10.5. The first-order chi connectivity index (χ1) is 6.07. The molecule has 1 nitrogen and oxygen atoms in total. The fourth-order valence-electron chi connectivity index (χ4n) is 2.58. The number of carbonyl (C=O) groups excluding carboxylic acids is 1. The molecular weight excluding hydrogens is 160 g/mol. The average molecular weight is 180 g/mol. The number of hydrogen-bond acceptors (Lipinski definition) is 1. The van der Waals surface area contributed by atoms with Gasteiger partial charge < -0.3 is 4.79 Å². The maximum absolute atomic E-state index is 10.8. The predicted octanol–water partition coefficient (Wildman–Crippen LogP) is 3.20. The molecule has 1 aliphatic rings. The quantitative estimate of drug-likeness (QED) is 0.471. The molecule has 0 saturated heterocycles. The molecule has 0 heterocycles. The Bertz CT molecular complexity index is 223. The molecule has 1 fully saturated rings. The zero-order valence-corrected chi connectivity index (χ0v) is 9.13. The van der Waals surface area contributed by atoms with Crippen molar-refractivity contribution in [2.24, 2.45) is 17.8 Å². The fraction of sp³-hybridized carbons (Fsp3) is 0.750. The minimum absolute atomic E-state index is 0.197. The first-order valence-corrected chi connectivity index (χ1v) is 5.19. The SMILES string of the molecule is CC(C)=C1CC[C@H](C)[C@H]1[C@@H](C)C=O. The molecule has 1 aliphatic carbocycles. The summed E-state index contributed by atoms with van der Waals surface area (Å²) in [6.45, 7) is 8.64. The van der Waals surface area contributed by atoms with Gasteiger partial charge in [0.25, 0.3) is 0 Å². The molecule has 1 heteroatoms. The van der Waals surface area contributed by atoms with Crippen molar-refractivity contribution in [3.8, 4) is 0 Å². The molecule has 3 atom stereocenters. The second kappa shape index (κ2) is 4.08. The van der Waals surface area contributed by atoms with Gasteiger partial charge in [0, 0.05) is 5.92 Å². The summed E-state index contributed by atoms with van der Waals surface area (Å²) < 4.78 is 0. The summed E-state index contributed by atoms with van der Waals surface area (Å²) in [4.78, 5) is 10.8. The molecule has 0 radical (unpaired) electrons. The Morgan fingerprint density at radius 1 is 1.54 bits per heavy atom. The van der Waals surface area contributed by atoms with Crippen LogP contribution < -0.4 is 0 Å². The van der Waals surface area contributed by atoms with Crippen molar-refractivity contribution in [3.63, 3.8) is 0 Å². The van der Waals surface area contributed by atoms with Crippen molar-refractivity contribution in [1.29, 1.82) is 0 Å². The van der Waals surface area contributed by atoms with E-state index in [0.29, 0.717) is 11.8 Å². The van der Waals surface area contributed by atoms with Crippen molar-refractivity contribution >= 4 is 6.29 Å². The summed E-state index contributed by atoms with van der Waals surface area (Å²) in [7, 11) is 0. The summed E-state index contributed by atoms with van der Waals surface area (Å²) in [6, 6.07) is 0. The van der Waals surface area contributed by atoms with Gasteiger partial charge in [-0.3, -0.25) is 0 Å². The third-order valence-corrected chi connectivity index (χ3v) is 3.31. The van der Waals surface area contributed by atoms with Crippen LogP contribution in [-0.2, 0) is 4.79 Å². The lowest BCUT2D eigenvalue weighted by Crippen LogP contribution is -2.17. The van der Waals surface area contributed by atoms with Gasteiger partial charge in [0.2, 0.25) is 0 Å². The number of allylic oxidation sites excluding steroid dienone is 2. The number of rotatable bonds is 2. The van der Waals surface area contributed by atoms with Crippen molar-refractivity contribution in [1.82, 2.24) is 0 Å². The van der Waals surface area contributed by atoms with Crippen LogP contribution in [0.25, 0.3) is 0 Å². The first-order valence-electron chi connectivity index (χ1n) is 5.19. The van der Waals surface area contributed by atoms with Crippen molar-refractivity contribution in [3.05, 3.63) is 11.1 Å². The highest BCUT2D eigenvalue weighted by molar-refractivity contribution is 5.55. The normalized spacial score (nSPS) is 30.3. The highest BCUT2D eigenvalue weighted by atomic mass is 16.1. The van der Waals surface area contributed by atoms with E-state index in [1.165, 1.54) is 24.0 Å². The Balaban J connectivity index is 2.90. The molecule has 1 saturated carbocycles. The number of aldehydes is 1. The van der Waals surface area contributed by atoms with E-state index in [4.69, 9.17) is 0 Å². The van der Waals surface area contributed by atoms with Crippen LogP contribution in [0, 0.1) is 17.8 Å². The summed E-state index contributed by atoms with van der Waals surface area (Å²) in [5.74, 6) is 1.40. The molecule has 0 unspecified atom stereocenters. The van der Waals surface area contributed by atoms with Crippen LogP contribution in [0.2, 0.25) is 0 Å². The van der Waals surface area contributed by atoms with E-state index in [9.17, 15) is 4.79 Å². The number of carbonyl (C=O) groups is 1. The third kappa shape index (κ3) is 2.01. The topological polar surface area (TPSA) is 17.1 Å². The van der Waals surface area contributed by atoms with Gasteiger partial charge in [-0.25, -0.2) is 0 Å². The molecule has 1 rings (SSSR count). The van der Waals surface area contributed by atoms with Crippen molar-refractivity contribution in [2.75, 3.05) is 0 Å². The maximum atomic E-state index is 10.8. The molecule has 0 bridgehead atoms. The van der Waals surface area contributed by atoms with Gasteiger partial charge >= 0.3 is 0 Å². The summed E-state index contributed by atoms with van der Waals surface area (Å²) >= 11 is 0. The second-order valence-electron chi connectivity index (χ2n) is 4.56. The lowest BCUT2D eigenvalue weighted by atomic mass is 9.83. The van der Waals surface area contributed by atoms with Gasteiger partial charge in [-0.2, -0.15) is 0 Å². The molecule has 0 aromatic rings. The second-order valence-corrected chi connectivity index (χ2v) is 4.56. The average Bonchev–Trinajstić information content (AvgIpc) is 2.46. The van der Waals surface area contributed by atoms with Gasteiger partial charge in [-0.15, -0.1) is 0 Å². The van der Waals surface area contributed by atoms with E-state index in [0.717, 1.165) is 6.29 Å². The van der Waals surface area contributed by atoms with Crippen LogP contribution >= 0.6 is 0 Å². The molecule has 13 heavy (non-hydrogen) atoms. The molecule has 0 spiro atoms. The minimum Gasteiger partial charge on any atom is -0.303 e. The van der Waals surface area contributed by atoms with Gasteiger partial charge in [0.05, 0.1) is 0 Å². The zero-order valence-electron chi connectivity index (χ0n) is 9.13. The maximum Gasteiger partial charge on any atom is 0.123 e. The van der Waals surface area contributed by atoms with Gasteiger partial charge in [-0.1, -0.05) is 25.0 Å². The molecule has 0 aliphatic heterocycles. The predicted molar refractivity (Wildman–Crippen MR) is 55.5 cm³/mol. The van der Waals surface area contributed by atoms with Crippen LogP contribution in [0.1, 0.15) is 40.5 Å². The van der Waals surface area contributed by atoms with Crippen molar-refractivity contribution in [2.45, 2.75) is 40.5 Å². The Morgan fingerprint density at radius 2 is 2.15 bits per heavy atom. The van der Waals surface area contributed by atoms with Crippen LogP contribution in [0.5, 0.6) is 0 Å². The molecule has 0 aromatic heterocycles. The standard InChI is InChI=1S/C12H20O/c1-8(2)11-6-5-9(3)12(11)10(4)7-13/h7,9-10,12H,5-6H2,1-4H3/t9-,10-,12-/m0/s1. The Morgan fingerprint density at radius 3 is 2.62 bits per heavy atom. The van der Waals surface area contributed by atoms with Gasteiger partial charge in [0.15, 0.2) is 0 Å². The molecule has 0 N–H and O–H groups in total. The molecular formula is C12H20O. The van der Waals surface area contributed by atoms with E-state index < -0.39 is 0 Å². The summed E-state index contributed by atoms with van der Waals surface area (Å²) in [6.07, 6.45) is 3.56.